The summed E-state index contributed by atoms with van der Waals surface area (Å²) in [5.41, 5.74) is 2.95. The first kappa shape index (κ1) is 30.3. The van der Waals surface area contributed by atoms with E-state index in [4.69, 9.17) is 30.9 Å². The lowest BCUT2D eigenvalue weighted by Crippen LogP contribution is -2.44. The van der Waals surface area contributed by atoms with Gasteiger partial charge in [-0.1, -0.05) is 44.5 Å². The number of carbonyl (C=O) groups excluding carboxylic acids is 2. The first-order valence-corrected chi connectivity index (χ1v) is 15.4. The van der Waals surface area contributed by atoms with E-state index in [0.717, 1.165) is 29.7 Å². The molecule has 2 aliphatic rings. The number of anilines is 1. The van der Waals surface area contributed by atoms with Crippen LogP contribution in [0, 0.1) is 0 Å². The predicted octanol–water partition coefficient (Wildman–Crippen LogP) is 5.30. The molecule has 11 heteroatoms. The second kappa shape index (κ2) is 12.6. The number of nitrogens with one attached hydrogen (secondary N) is 1. The molecule has 42 heavy (non-hydrogen) atoms. The van der Waals surface area contributed by atoms with E-state index in [0.29, 0.717) is 41.2 Å². The number of ether oxygens (including phenoxy) is 3. The van der Waals surface area contributed by atoms with Crippen LogP contribution >= 0.6 is 23.4 Å². The number of fused-ring (bicyclic) bond motifs is 1. The number of aromatic nitrogens is 2. The maximum absolute atomic E-state index is 13.9. The van der Waals surface area contributed by atoms with Crippen LogP contribution in [0.25, 0.3) is 5.69 Å². The van der Waals surface area contributed by atoms with Crippen molar-refractivity contribution in [2.75, 3.05) is 44.6 Å². The number of rotatable bonds is 8. The van der Waals surface area contributed by atoms with Gasteiger partial charge in [0.15, 0.2) is 11.5 Å². The molecule has 224 valence electrons. The van der Waals surface area contributed by atoms with Crippen LogP contribution in [0.5, 0.6) is 11.5 Å². The molecule has 0 saturated carbocycles. The van der Waals surface area contributed by atoms with Crippen molar-refractivity contribution >= 4 is 41.0 Å². The van der Waals surface area contributed by atoms with E-state index in [9.17, 15) is 9.59 Å². The second-order valence-corrected chi connectivity index (χ2v) is 13.0. The summed E-state index contributed by atoms with van der Waals surface area (Å²) in [7, 11) is 3.20. The lowest BCUT2D eigenvalue weighted by Gasteiger charge is -2.25. The molecule has 2 unspecified atom stereocenters. The van der Waals surface area contributed by atoms with Gasteiger partial charge >= 0.3 is 0 Å². The van der Waals surface area contributed by atoms with Crippen LogP contribution in [0.3, 0.4) is 0 Å². The molecule has 3 heterocycles. The van der Waals surface area contributed by atoms with Crippen molar-refractivity contribution in [2.24, 2.45) is 0 Å². The minimum absolute atomic E-state index is 0.00110. The zero-order valence-electron chi connectivity index (χ0n) is 24.6. The molecule has 2 aromatic carbocycles. The molecule has 0 aliphatic carbocycles. The van der Waals surface area contributed by atoms with E-state index < -0.39 is 0 Å². The van der Waals surface area contributed by atoms with Gasteiger partial charge in [-0.3, -0.25) is 14.5 Å². The predicted molar refractivity (Wildman–Crippen MR) is 165 cm³/mol. The van der Waals surface area contributed by atoms with E-state index in [1.165, 1.54) is 11.8 Å². The monoisotopic (exact) mass is 612 g/mol. The van der Waals surface area contributed by atoms with Crippen LogP contribution in [-0.4, -0.2) is 67.4 Å². The Labute approximate surface area is 255 Å². The Morgan fingerprint density at radius 1 is 1.17 bits per heavy atom. The standard InChI is InChI=1S/C31H37ClN4O5S/c1-31(2,3)29-27-28(19-11-12-23(39-4)24(14-19)40-5)42-18-26(38)35(17-25(37)33-16-22-10-7-13-41-22)30(27)36(34-29)21-9-6-8-20(32)15-21/h6,8-9,11-12,14-15,22,28H,7,10,13,16-18H2,1-5H3,(H,33,37). The molecule has 1 saturated heterocycles. The van der Waals surface area contributed by atoms with Crippen LogP contribution in [0.15, 0.2) is 42.5 Å². The molecular weight excluding hydrogens is 576 g/mol. The van der Waals surface area contributed by atoms with Gasteiger partial charge in [-0.25, -0.2) is 4.68 Å². The highest BCUT2D eigenvalue weighted by Gasteiger charge is 2.40. The van der Waals surface area contributed by atoms with Gasteiger partial charge in [0, 0.05) is 29.2 Å². The van der Waals surface area contributed by atoms with Gasteiger partial charge in [0.25, 0.3) is 0 Å². The second-order valence-electron chi connectivity index (χ2n) is 11.5. The highest BCUT2D eigenvalue weighted by Crippen LogP contribution is 2.49. The molecule has 5 rings (SSSR count). The summed E-state index contributed by atoms with van der Waals surface area (Å²) in [4.78, 5) is 28.7. The van der Waals surface area contributed by atoms with Gasteiger partial charge in [0.05, 0.1) is 42.7 Å². The Balaban J connectivity index is 1.67. The number of nitrogens with zero attached hydrogens (tertiary/aromatic N) is 3. The first-order chi connectivity index (χ1) is 20.1. The normalized spacial score (nSPS) is 18.9. The fourth-order valence-electron chi connectivity index (χ4n) is 5.37. The summed E-state index contributed by atoms with van der Waals surface area (Å²) in [5.74, 6) is 1.51. The van der Waals surface area contributed by atoms with E-state index in [1.54, 1.807) is 29.9 Å². The van der Waals surface area contributed by atoms with Crippen LogP contribution in [0.2, 0.25) is 5.02 Å². The molecule has 1 N–H and O–H groups in total. The molecule has 9 nitrogen and oxygen atoms in total. The summed E-state index contributed by atoms with van der Waals surface area (Å²) in [6.07, 6.45) is 1.89. The summed E-state index contributed by atoms with van der Waals surface area (Å²) >= 11 is 7.93. The maximum atomic E-state index is 13.9. The fraction of sp³-hybridized carbons (Fsp3) is 0.452. The fourth-order valence-corrected chi connectivity index (χ4v) is 6.75. The number of benzene rings is 2. The van der Waals surface area contributed by atoms with E-state index in [-0.39, 0.29) is 40.9 Å². The van der Waals surface area contributed by atoms with E-state index in [1.807, 2.05) is 36.4 Å². The topological polar surface area (TPSA) is 94.9 Å². The van der Waals surface area contributed by atoms with Gasteiger partial charge in [-0.2, -0.15) is 5.10 Å². The van der Waals surface area contributed by atoms with Gasteiger partial charge in [0.2, 0.25) is 11.8 Å². The van der Waals surface area contributed by atoms with Crippen molar-refractivity contribution in [2.45, 2.75) is 50.4 Å². The van der Waals surface area contributed by atoms with Gasteiger partial charge < -0.3 is 19.5 Å². The number of amides is 2. The third-order valence-corrected chi connectivity index (χ3v) is 8.91. The number of hydrogen-bond acceptors (Lipinski definition) is 7. The number of thioether (sulfide) groups is 1. The first-order valence-electron chi connectivity index (χ1n) is 14.0. The minimum Gasteiger partial charge on any atom is -0.493 e. The smallest absolute Gasteiger partial charge is 0.240 e. The van der Waals surface area contributed by atoms with Crippen molar-refractivity contribution < 1.29 is 23.8 Å². The average molecular weight is 613 g/mol. The summed E-state index contributed by atoms with van der Waals surface area (Å²) in [6, 6.07) is 13.1. The van der Waals surface area contributed by atoms with Crippen molar-refractivity contribution in [1.82, 2.24) is 15.1 Å². The average Bonchev–Trinajstić information content (AvgIpc) is 3.60. The van der Waals surface area contributed by atoms with Crippen molar-refractivity contribution in [3.63, 3.8) is 0 Å². The lowest BCUT2D eigenvalue weighted by atomic mass is 9.87. The highest BCUT2D eigenvalue weighted by molar-refractivity contribution is 8.00. The molecule has 0 radical (unpaired) electrons. The number of halogens is 1. The van der Waals surface area contributed by atoms with Gasteiger partial charge in [-0.15, -0.1) is 11.8 Å². The molecule has 3 aromatic rings. The van der Waals surface area contributed by atoms with E-state index >= 15 is 0 Å². The van der Waals surface area contributed by atoms with Crippen LogP contribution in [-0.2, 0) is 19.7 Å². The minimum atomic E-state index is -0.385. The Hall–Kier alpha value is -3.21. The Kier molecular flexibility index (Phi) is 9.05. The van der Waals surface area contributed by atoms with Crippen molar-refractivity contribution in [3.8, 4) is 17.2 Å². The zero-order valence-corrected chi connectivity index (χ0v) is 26.2. The summed E-state index contributed by atoms with van der Waals surface area (Å²) in [6.45, 7) is 7.27. The van der Waals surface area contributed by atoms with Crippen molar-refractivity contribution in [3.05, 3.63) is 64.3 Å². The molecule has 0 spiro atoms. The molecule has 2 amide bonds. The Morgan fingerprint density at radius 3 is 2.62 bits per heavy atom. The lowest BCUT2D eigenvalue weighted by molar-refractivity contribution is -0.123. The van der Waals surface area contributed by atoms with Crippen LogP contribution in [0.1, 0.15) is 55.7 Å². The zero-order chi connectivity index (χ0) is 30.0. The third-order valence-electron chi connectivity index (χ3n) is 7.42. The van der Waals surface area contributed by atoms with Gasteiger partial charge in [0.1, 0.15) is 12.4 Å². The van der Waals surface area contributed by atoms with Gasteiger partial charge in [-0.05, 0) is 48.7 Å². The van der Waals surface area contributed by atoms with Crippen LogP contribution in [0.4, 0.5) is 5.82 Å². The summed E-state index contributed by atoms with van der Waals surface area (Å²) in [5, 5.41) is 8.36. The third kappa shape index (κ3) is 6.26. The van der Waals surface area contributed by atoms with E-state index in [2.05, 4.69) is 26.1 Å². The maximum Gasteiger partial charge on any atom is 0.240 e. The Morgan fingerprint density at radius 2 is 1.95 bits per heavy atom. The molecule has 0 bridgehead atoms. The van der Waals surface area contributed by atoms with Crippen LogP contribution < -0.4 is 19.7 Å². The SMILES string of the molecule is COc1ccc(C2SCC(=O)N(CC(=O)NCC3CCCO3)c3c2c(C(C)(C)C)nn3-c2cccc(Cl)c2)cc1OC. The Bertz CT molecular complexity index is 1460. The molecule has 1 aromatic heterocycles. The highest BCUT2D eigenvalue weighted by atomic mass is 35.5. The largest absolute Gasteiger partial charge is 0.493 e. The molecule has 1 fully saturated rings. The number of carbonyl (C=O) groups is 2. The quantitative estimate of drug-likeness (QED) is 0.369. The number of hydrogen-bond donors (Lipinski definition) is 1. The summed E-state index contributed by atoms with van der Waals surface area (Å²) < 4.78 is 18.5. The molecule has 2 aliphatic heterocycles. The molecular formula is C31H37ClN4O5S. The molecule has 2 atom stereocenters. The number of methoxy groups -OCH3 is 2. The van der Waals surface area contributed by atoms with Crippen molar-refractivity contribution in [1.29, 1.82) is 0 Å².